The summed E-state index contributed by atoms with van der Waals surface area (Å²) in [5.41, 5.74) is 0.869. The summed E-state index contributed by atoms with van der Waals surface area (Å²) in [6, 6.07) is 9.17. The molecule has 20 heavy (non-hydrogen) atoms. The van der Waals surface area contributed by atoms with Gasteiger partial charge in [-0.25, -0.2) is 8.42 Å². The molecule has 1 saturated heterocycles. The second-order valence-electron chi connectivity index (χ2n) is 4.74. The Balaban J connectivity index is 0.00000200. The topological polar surface area (TPSA) is 75.3 Å². The van der Waals surface area contributed by atoms with Crippen LogP contribution >= 0.6 is 12.4 Å². The molecular weight excluding hydrogens is 300 g/mol. The number of para-hydroxylation sites is 1. The van der Waals surface area contributed by atoms with E-state index < -0.39 is 9.84 Å². The first-order valence-electron chi connectivity index (χ1n) is 6.34. The molecule has 0 spiro atoms. The molecule has 0 saturated carbocycles. The molecule has 112 valence electrons. The van der Waals surface area contributed by atoms with Crippen LogP contribution in [0.2, 0.25) is 0 Å². The van der Waals surface area contributed by atoms with Crippen LogP contribution in [0.5, 0.6) is 0 Å². The zero-order valence-corrected chi connectivity index (χ0v) is 12.7. The predicted molar refractivity (Wildman–Crippen MR) is 82.0 cm³/mol. The lowest BCUT2D eigenvalue weighted by atomic mass is 10.2. The molecule has 0 radical (unpaired) electrons. The number of hydrogen-bond acceptors (Lipinski definition) is 4. The molecule has 2 N–H and O–H groups in total. The number of sulfone groups is 1. The molecule has 1 aliphatic rings. The summed E-state index contributed by atoms with van der Waals surface area (Å²) in [5.74, 6) is 0.122. The fraction of sp³-hybridized carbons (Fsp3) is 0.462. The van der Waals surface area contributed by atoms with Crippen LogP contribution in [-0.4, -0.2) is 38.4 Å². The van der Waals surface area contributed by atoms with E-state index >= 15 is 0 Å². The molecule has 0 bridgehead atoms. The lowest BCUT2D eigenvalue weighted by Crippen LogP contribution is -2.45. The quantitative estimate of drug-likeness (QED) is 0.875. The van der Waals surface area contributed by atoms with E-state index in [-0.39, 0.29) is 42.4 Å². The molecule has 5 nitrogen and oxygen atoms in total. The molecule has 1 aliphatic heterocycles. The number of carbonyl (C=O) groups is 1. The van der Waals surface area contributed by atoms with Gasteiger partial charge in [0.15, 0.2) is 9.84 Å². The number of amides is 1. The van der Waals surface area contributed by atoms with Gasteiger partial charge in [0.05, 0.1) is 18.1 Å². The maximum atomic E-state index is 11.7. The van der Waals surface area contributed by atoms with E-state index in [0.29, 0.717) is 6.42 Å². The third kappa shape index (κ3) is 5.38. The zero-order valence-electron chi connectivity index (χ0n) is 11.0. The Hall–Kier alpha value is -1.27. The summed E-state index contributed by atoms with van der Waals surface area (Å²) < 4.78 is 22.9. The summed E-state index contributed by atoms with van der Waals surface area (Å²) in [5, 5.41) is 5.76. The lowest BCUT2D eigenvalue weighted by molar-refractivity contribution is -0.120. The Morgan fingerprint density at radius 2 is 1.95 bits per heavy atom. The first-order valence-corrected chi connectivity index (χ1v) is 8.16. The number of rotatable bonds is 4. The highest BCUT2D eigenvalue weighted by atomic mass is 35.5. The van der Waals surface area contributed by atoms with Crippen molar-refractivity contribution in [3.63, 3.8) is 0 Å². The number of benzene rings is 1. The molecule has 1 aromatic carbocycles. The predicted octanol–water partition coefficient (Wildman–Crippen LogP) is 1.21. The monoisotopic (exact) mass is 318 g/mol. The lowest BCUT2D eigenvalue weighted by Gasteiger charge is -2.23. The maximum absolute atomic E-state index is 11.7. The molecule has 1 unspecified atom stereocenters. The average molecular weight is 319 g/mol. The Bertz CT molecular complexity index is 534. The van der Waals surface area contributed by atoms with E-state index in [1.54, 1.807) is 0 Å². The van der Waals surface area contributed by atoms with Crippen molar-refractivity contribution in [2.45, 2.75) is 18.9 Å². The highest BCUT2D eigenvalue weighted by molar-refractivity contribution is 7.91. The van der Waals surface area contributed by atoms with E-state index in [1.807, 2.05) is 30.3 Å². The van der Waals surface area contributed by atoms with Crippen molar-refractivity contribution in [1.82, 2.24) is 5.32 Å². The molecular formula is C13H19ClN2O3S. The van der Waals surface area contributed by atoms with Crippen LogP contribution < -0.4 is 10.6 Å². The van der Waals surface area contributed by atoms with Gasteiger partial charge in [-0.15, -0.1) is 12.4 Å². The van der Waals surface area contributed by atoms with Gasteiger partial charge in [-0.2, -0.15) is 0 Å². The first kappa shape index (κ1) is 16.8. The highest BCUT2D eigenvalue weighted by Gasteiger charge is 2.25. The molecule has 2 rings (SSSR count). The van der Waals surface area contributed by atoms with Crippen LogP contribution in [0.1, 0.15) is 12.8 Å². The maximum Gasteiger partial charge on any atom is 0.239 e. The van der Waals surface area contributed by atoms with Crippen LogP contribution in [0.3, 0.4) is 0 Å². The summed E-state index contributed by atoms with van der Waals surface area (Å²) >= 11 is 0. The summed E-state index contributed by atoms with van der Waals surface area (Å²) in [6.07, 6.45) is 1.36. The van der Waals surface area contributed by atoms with Gasteiger partial charge in [0.25, 0.3) is 0 Å². The second kappa shape index (κ2) is 7.50. The third-order valence-electron chi connectivity index (χ3n) is 3.06. The molecule has 1 amide bonds. The number of anilines is 1. The second-order valence-corrected chi connectivity index (χ2v) is 6.97. The van der Waals surface area contributed by atoms with E-state index in [2.05, 4.69) is 10.6 Å². The number of nitrogens with one attached hydrogen (secondary N) is 2. The van der Waals surface area contributed by atoms with Crippen molar-refractivity contribution in [1.29, 1.82) is 0 Å². The molecule has 1 aromatic rings. The Morgan fingerprint density at radius 1 is 1.25 bits per heavy atom. The van der Waals surface area contributed by atoms with E-state index in [9.17, 15) is 13.2 Å². The van der Waals surface area contributed by atoms with Gasteiger partial charge in [0, 0.05) is 11.7 Å². The number of carbonyl (C=O) groups excluding carboxylic acids is 1. The van der Waals surface area contributed by atoms with Gasteiger partial charge in [-0.3, -0.25) is 4.79 Å². The molecule has 1 heterocycles. The fourth-order valence-electron chi connectivity index (χ4n) is 2.15. The largest absolute Gasteiger partial charge is 0.376 e. The van der Waals surface area contributed by atoms with Crippen LogP contribution in [0.15, 0.2) is 30.3 Å². The minimum absolute atomic E-state index is 0. The van der Waals surface area contributed by atoms with Crippen molar-refractivity contribution in [2.24, 2.45) is 0 Å². The normalized spacial score (nSPS) is 20.5. The number of hydrogen-bond donors (Lipinski definition) is 2. The van der Waals surface area contributed by atoms with Crippen molar-refractivity contribution in [3.8, 4) is 0 Å². The zero-order chi connectivity index (χ0) is 13.7. The summed E-state index contributed by atoms with van der Waals surface area (Å²) in [7, 11) is -2.98. The molecule has 1 atom stereocenters. The van der Waals surface area contributed by atoms with Gasteiger partial charge < -0.3 is 10.6 Å². The Labute approximate surface area is 125 Å². The molecule has 0 aromatic heterocycles. The summed E-state index contributed by atoms with van der Waals surface area (Å²) in [4.78, 5) is 11.7. The van der Waals surface area contributed by atoms with E-state index in [4.69, 9.17) is 0 Å². The minimum Gasteiger partial charge on any atom is -0.376 e. The van der Waals surface area contributed by atoms with E-state index in [1.165, 1.54) is 0 Å². The smallest absolute Gasteiger partial charge is 0.239 e. The standard InChI is InChI=1S/C13H18N2O3S.ClH/c16-13(9-14-11-5-2-1-3-6-11)15-12-7-4-8-19(17,18)10-12;/h1-3,5-6,12,14H,4,7-10H2,(H,15,16);1H. The van der Waals surface area contributed by atoms with Crippen molar-refractivity contribution < 1.29 is 13.2 Å². The van der Waals surface area contributed by atoms with Crippen LogP contribution in [0.25, 0.3) is 0 Å². The van der Waals surface area contributed by atoms with Gasteiger partial charge in [-0.1, -0.05) is 18.2 Å². The fourth-order valence-corrected chi connectivity index (χ4v) is 3.79. The number of halogens is 1. The van der Waals surface area contributed by atoms with Gasteiger partial charge in [-0.05, 0) is 25.0 Å². The van der Waals surface area contributed by atoms with Gasteiger partial charge in [0.1, 0.15) is 0 Å². The van der Waals surface area contributed by atoms with Gasteiger partial charge >= 0.3 is 0 Å². The Morgan fingerprint density at radius 3 is 2.60 bits per heavy atom. The third-order valence-corrected chi connectivity index (χ3v) is 4.88. The van der Waals surface area contributed by atoms with Crippen LogP contribution in [0, 0.1) is 0 Å². The highest BCUT2D eigenvalue weighted by Crippen LogP contribution is 2.12. The average Bonchev–Trinajstić information content (AvgIpc) is 2.36. The SMILES string of the molecule is Cl.O=C(CNc1ccccc1)NC1CCCS(=O)(=O)C1. The van der Waals surface area contributed by atoms with Crippen LogP contribution in [0.4, 0.5) is 5.69 Å². The Kier molecular flexibility index (Phi) is 6.29. The van der Waals surface area contributed by atoms with Crippen LogP contribution in [-0.2, 0) is 14.6 Å². The van der Waals surface area contributed by atoms with E-state index in [0.717, 1.165) is 12.1 Å². The van der Waals surface area contributed by atoms with Crippen molar-refractivity contribution in [3.05, 3.63) is 30.3 Å². The molecule has 1 fully saturated rings. The molecule has 0 aliphatic carbocycles. The molecule has 7 heteroatoms. The van der Waals surface area contributed by atoms with Crippen molar-refractivity contribution in [2.75, 3.05) is 23.4 Å². The van der Waals surface area contributed by atoms with Crippen molar-refractivity contribution >= 4 is 33.8 Å². The first-order chi connectivity index (χ1) is 9.05. The van der Waals surface area contributed by atoms with Gasteiger partial charge in [0.2, 0.25) is 5.91 Å². The summed E-state index contributed by atoms with van der Waals surface area (Å²) in [6.45, 7) is 0.153. The minimum atomic E-state index is -2.98.